The second kappa shape index (κ2) is 8.57. The lowest BCUT2D eigenvalue weighted by atomic mass is 9.98. The van der Waals surface area contributed by atoms with Crippen LogP contribution in [0.25, 0.3) is 11.1 Å². The predicted octanol–water partition coefficient (Wildman–Crippen LogP) is 3.04. The zero-order valence-corrected chi connectivity index (χ0v) is 16.5. The Labute approximate surface area is 174 Å². The third-order valence-corrected chi connectivity index (χ3v) is 5.54. The van der Waals surface area contributed by atoms with Crippen LogP contribution in [0.4, 0.5) is 4.79 Å². The third kappa shape index (κ3) is 4.45. The minimum atomic E-state index is -1.19. The summed E-state index contributed by atoms with van der Waals surface area (Å²) in [5.41, 5.74) is 4.40. The van der Waals surface area contributed by atoms with E-state index in [1.807, 2.05) is 48.5 Å². The van der Waals surface area contributed by atoms with Crippen LogP contribution in [0, 0.1) is 0 Å². The molecule has 1 saturated carbocycles. The van der Waals surface area contributed by atoms with Crippen molar-refractivity contribution in [3.63, 3.8) is 0 Å². The molecule has 7 heteroatoms. The molecule has 0 bridgehead atoms. The lowest BCUT2D eigenvalue weighted by Gasteiger charge is -2.17. The highest BCUT2D eigenvalue weighted by Gasteiger charge is 2.30. The van der Waals surface area contributed by atoms with E-state index in [1.165, 1.54) is 0 Å². The lowest BCUT2D eigenvalue weighted by Crippen LogP contribution is -2.42. The van der Waals surface area contributed by atoms with Crippen LogP contribution in [0.3, 0.4) is 0 Å². The van der Waals surface area contributed by atoms with E-state index in [0.29, 0.717) is 0 Å². The number of amides is 2. The first-order valence-electron chi connectivity index (χ1n) is 10.2. The number of hydrogen-bond donors (Lipinski definition) is 3. The molecule has 2 aliphatic carbocycles. The molecular weight excluding hydrogens is 384 g/mol. The molecule has 2 aromatic rings. The van der Waals surface area contributed by atoms with Gasteiger partial charge in [-0.1, -0.05) is 48.5 Å². The summed E-state index contributed by atoms with van der Waals surface area (Å²) in [6.45, 7) is 0.106. The van der Waals surface area contributed by atoms with Gasteiger partial charge in [-0.2, -0.15) is 0 Å². The van der Waals surface area contributed by atoms with Gasteiger partial charge in [0.2, 0.25) is 5.91 Å². The number of carbonyl (C=O) groups is 3. The van der Waals surface area contributed by atoms with Gasteiger partial charge in [0.05, 0.1) is 0 Å². The molecule has 2 aromatic carbocycles. The van der Waals surface area contributed by atoms with Crippen LogP contribution >= 0.6 is 0 Å². The average Bonchev–Trinajstić information content (AvgIpc) is 3.49. The van der Waals surface area contributed by atoms with Gasteiger partial charge in [0, 0.05) is 18.4 Å². The van der Waals surface area contributed by atoms with E-state index in [2.05, 4.69) is 10.6 Å². The van der Waals surface area contributed by atoms with Crippen molar-refractivity contribution in [2.45, 2.75) is 43.7 Å². The Balaban J connectivity index is 1.34. The Morgan fingerprint density at radius 1 is 1.00 bits per heavy atom. The van der Waals surface area contributed by atoms with Crippen LogP contribution in [0.2, 0.25) is 0 Å². The minimum Gasteiger partial charge on any atom is -0.480 e. The average molecular weight is 408 g/mol. The van der Waals surface area contributed by atoms with Crippen LogP contribution < -0.4 is 10.6 Å². The smallest absolute Gasteiger partial charge is 0.407 e. The number of aliphatic carboxylic acids is 1. The number of carboxylic acids is 1. The van der Waals surface area contributed by atoms with Gasteiger partial charge in [-0.3, -0.25) is 4.79 Å². The highest BCUT2D eigenvalue weighted by molar-refractivity contribution is 5.82. The van der Waals surface area contributed by atoms with Crippen molar-refractivity contribution in [3.05, 3.63) is 59.7 Å². The molecule has 0 spiro atoms. The molecule has 4 rings (SSSR count). The van der Waals surface area contributed by atoms with E-state index in [4.69, 9.17) is 4.74 Å². The van der Waals surface area contributed by atoms with E-state index >= 15 is 0 Å². The monoisotopic (exact) mass is 408 g/mol. The Morgan fingerprint density at radius 3 is 2.17 bits per heavy atom. The van der Waals surface area contributed by atoms with Crippen LogP contribution in [-0.2, 0) is 14.3 Å². The maximum Gasteiger partial charge on any atom is 0.407 e. The van der Waals surface area contributed by atoms with Crippen molar-refractivity contribution >= 4 is 18.0 Å². The summed E-state index contributed by atoms with van der Waals surface area (Å²) in [6, 6.07) is 15.0. The third-order valence-electron chi connectivity index (χ3n) is 5.54. The second-order valence-corrected chi connectivity index (χ2v) is 7.74. The molecule has 7 nitrogen and oxygen atoms in total. The first kappa shape index (κ1) is 19.9. The van der Waals surface area contributed by atoms with Gasteiger partial charge in [0.25, 0.3) is 0 Å². The molecule has 2 aliphatic rings. The quantitative estimate of drug-likeness (QED) is 0.623. The fourth-order valence-corrected chi connectivity index (χ4v) is 3.84. The SMILES string of the molecule is O=C(CC[C@H](NC(=O)OCC1c2ccccc2-c2ccccc21)C(=O)O)NC1CC1. The van der Waals surface area contributed by atoms with Gasteiger partial charge in [0.1, 0.15) is 12.6 Å². The largest absolute Gasteiger partial charge is 0.480 e. The van der Waals surface area contributed by atoms with Gasteiger partial charge in [-0.05, 0) is 41.5 Å². The van der Waals surface area contributed by atoms with E-state index in [1.54, 1.807) is 0 Å². The molecule has 2 amide bonds. The summed E-state index contributed by atoms with van der Waals surface area (Å²) >= 11 is 0. The molecule has 1 fully saturated rings. The van der Waals surface area contributed by atoms with Gasteiger partial charge >= 0.3 is 12.1 Å². The van der Waals surface area contributed by atoms with Crippen molar-refractivity contribution in [3.8, 4) is 11.1 Å². The van der Waals surface area contributed by atoms with E-state index in [-0.39, 0.29) is 37.3 Å². The standard InChI is InChI=1S/C23H24N2O5/c26-21(24-14-9-10-14)12-11-20(22(27)28)25-23(29)30-13-19-17-7-3-1-5-15(17)16-6-2-4-8-18(16)19/h1-8,14,19-20H,9-13H2,(H,24,26)(H,25,29)(H,27,28)/t20-/m0/s1. The number of fused-ring (bicyclic) bond motifs is 3. The normalized spacial score (nSPS) is 15.6. The molecule has 3 N–H and O–H groups in total. The van der Waals surface area contributed by atoms with Crippen LogP contribution in [0.5, 0.6) is 0 Å². The Kier molecular flexibility index (Phi) is 5.70. The topological polar surface area (TPSA) is 105 Å². The van der Waals surface area contributed by atoms with Gasteiger partial charge in [0.15, 0.2) is 0 Å². The first-order valence-corrected chi connectivity index (χ1v) is 10.2. The molecule has 1 atom stereocenters. The van der Waals surface area contributed by atoms with Crippen molar-refractivity contribution in [2.75, 3.05) is 6.61 Å². The summed E-state index contributed by atoms with van der Waals surface area (Å²) in [6.07, 6.45) is 1.18. The maximum absolute atomic E-state index is 12.3. The predicted molar refractivity (Wildman–Crippen MR) is 110 cm³/mol. The Morgan fingerprint density at radius 2 is 1.60 bits per heavy atom. The lowest BCUT2D eigenvalue weighted by molar-refractivity contribution is -0.139. The van der Waals surface area contributed by atoms with Gasteiger partial charge in [-0.15, -0.1) is 0 Å². The highest BCUT2D eigenvalue weighted by Crippen LogP contribution is 2.44. The fraction of sp³-hybridized carbons (Fsp3) is 0.348. The van der Waals surface area contributed by atoms with Crippen molar-refractivity contribution in [1.29, 1.82) is 0 Å². The van der Waals surface area contributed by atoms with Crippen LogP contribution in [0.15, 0.2) is 48.5 Å². The van der Waals surface area contributed by atoms with E-state index in [0.717, 1.165) is 35.1 Å². The minimum absolute atomic E-state index is 0.0120. The van der Waals surface area contributed by atoms with E-state index in [9.17, 15) is 19.5 Å². The van der Waals surface area contributed by atoms with Gasteiger partial charge in [-0.25, -0.2) is 9.59 Å². The first-order chi connectivity index (χ1) is 14.5. The highest BCUT2D eigenvalue weighted by atomic mass is 16.5. The van der Waals surface area contributed by atoms with Crippen molar-refractivity contribution < 1.29 is 24.2 Å². The summed E-state index contributed by atoms with van der Waals surface area (Å²) in [5, 5.41) is 14.5. The molecule has 0 saturated heterocycles. The number of carbonyl (C=O) groups excluding carboxylic acids is 2. The summed E-state index contributed by atoms with van der Waals surface area (Å²) in [7, 11) is 0. The Hall–Kier alpha value is -3.35. The molecule has 0 heterocycles. The number of ether oxygens (including phenoxy) is 1. The summed E-state index contributed by atoms with van der Waals surface area (Å²) < 4.78 is 5.39. The molecule has 0 radical (unpaired) electrons. The number of alkyl carbamates (subject to hydrolysis) is 1. The molecule has 156 valence electrons. The molecule has 0 aliphatic heterocycles. The summed E-state index contributed by atoms with van der Waals surface area (Å²) in [5.74, 6) is -1.49. The fourth-order valence-electron chi connectivity index (χ4n) is 3.84. The molecule has 30 heavy (non-hydrogen) atoms. The number of hydrogen-bond acceptors (Lipinski definition) is 4. The number of benzene rings is 2. The zero-order valence-electron chi connectivity index (χ0n) is 16.5. The molecule has 0 unspecified atom stereocenters. The van der Waals surface area contributed by atoms with Crippen molar-refractivity contribution in [1.82, 2.24) is 10.6 Å². The molecular formula is C23H24N2O5. The molecule has 0 aromatic heterocycles. The number of carboxylic acid groups (broad SMARTS) is 1. The second-order valence-electron chi connectivity index (χ2n) is 7.74. The van der Waals surface area contributed by atoms with Crippen LogP contribution in [0.1, 0.15) is 42.7 Å². The summed E-state index contributed by atoms with van der Waals surface area (Å²) in [4.78, 5) is 35.5. The van der Waals surface area contributed by atoms with E-state index < -0.39 is 18.1 Å². The van der Waals surface area contributed by atoms with Gasteiger partial charge < -0.3 is 20.5 Å². The van der Waals surface area contributed by atoms with Crippen molar-refractivity contribution in [2.24, 2.45) is 0 Å². The van der Waals surface area contributed by atoms with Crippen LogP contribution in [-0.4, -0.2) is 41.8 Å². The zero-order chi connectivity index (χ0) is 21.1. The maximum atomic E-state index is 12.3. The number of rotatable bonds is 8. The number of nitrogens with one attached hydrogen (secondary N) is 2. The Bertz CT molecular complexity index is 924.